The molecule has 9 heteroatoms. The van der Waals surface area contributed by atoms with E-state index in [1.165, 1.54) is 6.42 Å². The third-order valence-corrected chi connectivity index (χ3v) is 6.51. The van der Waals surface area contributed by atoms with E-state index in [2.05, 4.69) is 5.43 Å². The maximum Gasteiger partial charge on any atom is 0.338 e. The Kier molecular flexibility index (Phi) is 8.11. The molecule has 1 fully saturated rings. The highest BCUT2D eigenvalue weighted by molar-refractivity contribution is 6.35. The maximum atomic E-state index is 13.3. The molecule has 1 aromatic heterocycles. The van der Waals surface area contributed by atoms with Crippen molar-refractivity contribution in [2.75, 3.05) is 19.7 Å². The molecule has 0 bridgehead atoms. The van der Waals surface area contributed by atoms with Crippen molar-refractivity contribution >= 4 is 35.1 Å². The van der Waals surface area contributed by atoms with E-state index in [1.54, 1.807) is 41.9 Å². The van der Waals surface area contributed by atoms with Gasteiger partial charge in [-0.05, 0) is 56.5 Å². The number of nitrogens with one attached hydrogen (secondary N) is 1. The van der Waals surface area contributed by atoms with Gasteiger partial charge in [0.15, 0.2) is 5.69 Å². The van der Waals surface area contributed by atoms with Gasteiger partial charge in [-0.15, -0.1) is 0 Å². The van der Waals surface area contributed by atoms with Crippen molar-refractivity contribution in [3.05, 3.63) is 69.3 Å². The molecule has 1 aliphatic heterocycles. The number of benzene rings is 2. The van der Waals surface area contributed by atoms with Crippen molar-refractivity contribution in [3.63, 3.8) is 0 Å². The van der Waals surface area contributed by atoms with Crippen molar-refractivity contribution in [1.29, 1.82) is 0 Å². The van der Waals surface area contributed by atoms with Crippen LogP contribution in [0.5, 0.6) is 0 Å². The summed E-state index contributed by atoms with van der Waals surface area (Å²) in [7, 11) is 0. The summed E-state index contributed by atoms with van der Waals surface area (Å²) >= 11 is 12.7. The van der Waals surface area contributed by atoms with Crippen LogP contribution in [0.4, 0.5) is 0 Å². The Morgan fingerprint density at radius 2 is 1.74 bits per heavy atom. The average molecular weight is 515 g/mol. The van der Waals surface area contributed by atoms with Crippen LogP contribution in [0.15, 0.2) is 42.5 Å². The van der Waals surface area contributed by atoms with E-state index < -0.39 is 0 Å². The zero-order valence-corrected chi connectivity index (χ0v) is 21.3. The highest BCUT2D eigenvalue weighted by Crippen LogP contribution is 2.33. The van der Waals surface area contributed by atoms with Crippen molar-refractivity contribution < 1.29 is 14.3 Å². The van der Waals surface area contributed by atoms with Gasteiger partial charge in [0.1, 0.15) is 0 Å². The smallest absolute Gasteiger partial charge is 0.338 e. The van der Waals surface area contributed by atoms with Gasteiger partial charge in [0.25, 0.3) is 5.91 Å². The number of halogens is 2. The van der Waals surface area contributed by atoms with Gasteiger partial charge < -0.3 is 4.74 Å². The highest BCUT2D eigenvalue weighted by atomic mass is 35.5. The molecule has 1 aliphatic rings. The Hall–Kier alpha value is -2.87. The van der Waals surface area contributed by atoms with E-state index in [0.29, 0.717) is 40.0 Å². The van der Waals surface area contributed by atoms with Gasteiger partial charge in [0, 0.05) is 29.2 Å². The van der Waals surface area contributed by atoms with Crippen LogP contribution in [0.3, 0.4) is 0 Å². The molecule has 3 aromatic rings. The molecule has 0 aliphatic carbocycles. The van der Waals surface area contributed by atoms with E-state index in [-0.39, 0.29) is 11.9 Å². The monoisotopic (exact) mass is 514 g/mol. The first-order valence-electron chi connectivity index (χ1n) is 11.8. The minimum absolute atomic E-state index is 0.253. The number of carbonyl (C=O) groups excluding carboxylic acids is 2. The van der Waals surface area contributed by atoms with Crippen molar-refractivity contribution in [1.82, 2.24) is 20.2 Å². The summed E-state index contributed by atoms with van der Waals surface area (Å²) in [5, 5.41) is 7.60. The van der Waals surface area contributed by atoms with Crippen molar-refractivity contribution in [3.8, 4) is 16.9 Å². The third-order valence-electron chi connectivity index (χ3n) is 5.98. The second-order valence-corrected chi connectivity index (χ2v) is 9.17. The number of ether oxygens (including phenoxy) is 1. The Morgan fingerprint density at radius 3 is 2.37 bits per heavy atom. The second kappa shape index (κ2) is 11.2. The van der Waals surface area contributed by atoms with E-state index in [4.69, 9.17) is 33.0 Å². The van der Waals surface area contributed by atoms with E-state index in [0.717, 1.165) is 42.8 Å². The van der Waals surface area contributed by atoms with Crippen LogP contribution in [0.2, 0.25) is 10.0 Å². The number of nitrogens with zero attached hydrogens (tertiary/aromatic N) is 3. The van der Waals surface area contributed by atoms with Gasteiger partial charge in [-0.3, -0.25) is 10.2 Å². The molecule has 35 heavy (non-hydrogen) atoms. The van der Waals surface area contributed by atoms with Gasteiger partial charge in [-0.1, -0.05) is 48.7 Å². The first kappa shape index (κ1) is 25.2. The largest absolute Gasteiger partial charge is 0.462 e. The second-order valence-electron chi connectivity index (χ2n) is 8.32. The Labute approximate surface area is 214 Å². The lowest BCUT2D eigenvalue weighted by atomic mass is 10.0. The molecule has 1 saturated heterocycles. The van der Waals surface area contributed by atoms with Gasteiger partial charge in [-0.2, -0.15) is 5.10 Å². The number of hydrogen-bond donors (Lipinski definition) is 1. The third kappa shape index (κ3) is 5.53. The van der Waals surface area contributed by atoms with E-state index in [1.807, 2.05) is 24.1 Å². The molecule has 0 atom stereocenters. The first-order valence-corrected chi connectivity index (χ1v) is 12.6. The normalized spacial score (nSPS) is 14.1. The predicted molar refractivity (Wildman–Crippen MR) is 137 cm³/mol. The number of rotatable bonds is 7. The lowest BCUT2D eigenvalue weighted by Crippen LogP contribution is -2.45. The minimum atomic E-state index is -0.384. The van der Waals surface area contributed by atoms with Crippen LogP contribution in [0.25, 0.3) is 16.9 Å². The number of aromatic nitrogens is 2. The van der Waals surface area contributed by atoms with Gasteiger partial charge in [-0.25, -0.2) is 14.5 Å². The van der Waals surface area contributed by atoms with Crippen LogP contribution in [-0.4, -0.2) is 46.4 Å². The molecule has 7 nitrogen and oxygen atoms in total. The summed E-state index contributed by atoms with van der Waals surface area (Å²) in [6.45, 7) is 5.69. The lowest BCUT2D eigenvalue weighted by molar-refractivity contribution is 0.0526. The quantitative estimate of drug-likeness (QED) is 0.408. The number of piperidine rings is 1. The summed E-state index contributed by atoms with van der Waals surface area (Å²) in [4.78, 5) is 25.5. The number of carbonyl (C=O) groups is 2. The molecule has 1 amide bonds. The average Bonchev–Trinajstić information content (AvgIpc) is 3.24. The number of hydrazine groups is 1. The van der Waals surface area contributed by atoms with E-state index in [9.17, 15) is 9.59 Å². The molecule has 0 saturated carbocycles. The Balaban J connectivity index is 1.81. The van der Waals surface area contributed by atoms with Crippen molar-refractivity contribution in [2.45, 2.75) is 39.5 Å². The summed E-state index contributed by atoms with van der Waals surface area (Å²) in [6, 6.07) is 12.2. The number of hydrogen-bond acceptors (Lipinski definition) is 5. The minimum Gasteiger partial charge on any atom is -0.462 e. The number of amides is 1. The molecular weight excluding hydrogens is 487 g/mol. The van der Waals surface area contributed by atoms with E-state index >= 15 is 0 Å². The van der Waals surface area contributed by atoms with Crippen molar-refractivity contribution in [2.24, 2.45) is 0 Å². The molecule has 1 N–H and O–H groups in total. The SMILES string of the molecule is CCOC(=O)c1ccc(-c2c(CC)c(C(=O)NN3CCCCC3)nn2-c2ccc(Cl)cc2Cl)cc1. The topological polar surface area (TPSA) is 76.5 Å². The molecule has 2 heterocycles. The maximum absolute atomic E-state index is 13.3. The summed E-state index contributed by atoms with van der Waals surface area (Å²) in [6.07, 6.45) is 3.84. The van der Waals surface area contributed by atoms with Gasteiger partial charge in [0.05, 0.1) is 28.6 Å². The molecule has 4 rings (SSSR count). The van der Waals surface area contributed by atoms with Crippen LogP contribution in [-0.2, 0) is 11.2 Å². The summed E-state index contributed by atoms with van der Waals surface area (Å²) < 4.78 is 6.78. The molecule has 0 spiro atoms. The highest BCUT2D eigenvalue weighted by Gasteiger charge is 2.26. The first-order chi connectivity index (χ1) is 16.9. The zero-order valence-electron chi connectivity index (χ0n) is 19.8. The lowest BCUT2D eigenvalue weighted by Gasteiger charge is -2.26. The van der Waals surface area contributed by atoms with Gasteiger partial charge >= 0.3 is 5.97 Å². The van der Waals surface area contributed by atoms with Crippen LogP contribution >= 0.6 is 23.2 Å². The fraction of sp³-hybridized carbons (Fsp3) is 0.346. The molecule has 0 radical (unpaired) electrons. The number of esters is 1. The zero-order chi connectivity index (χ0) is 24.9. The summed E-state index contributed by atoms with van der Waals surface area (Å²) in [5.74, 6) is -0.636. The fourth-order valence-corrected chi connectivity index (χ4v) is 4.76. The standard InChI is InChI=1S/C26H28Cl2N4O3/c1-3-20-23(25(33)30-31-14-6-5-7-15-31)29-32(22-13-12-19(27)16-21(22)28)24(20)17-8-10-18(11-9-17)26(34)35-4-2/h8-13,16H,3-7,14-15H2,1-2H3,(H,30,33). The Morgan fingerprint density at radius 1 is 1.03 bits per heavy atom. The van der Waals surface area contributed by atoms with Crippen LogP contribution in [0, 0.1) is 0 Å². The van der Waals surface area contributed by atoms with Crippen LogP contribution in [0.1, 0.15) is 59.5 Å². The molecule has 184 valence electrons. The molecule has 0 unspecified atom stereocenters. The molecule has 2 aromatic carbocycles. The van der Waals surface area contributed by atoms with Gasteiger partial charge in [0.2, 0.25) is 0 Å². The summed E-state index contributed by atoms with van der Waals surface area (Å²) in [5.41, 5.74) is 6.73. The van der Waals surface area contributed by atoms with Crippen LogP contribution < -0.4 is 5.43 Å². The fourth-order valence-electron chi connectivity index (χ4n) is 4.27. The Bertz CT molecular complexity index is 1220. The molecular formula is C26H28Cl2N4O3. The predicted octanol–water partition coefficient (Wildman–Crippen LogP) is 5.72.